The predicted octanol–water partition coefficient (Wildman–Crippen LogP) is 3.72. The van der Waals surface area contributed by atoms with Gasteiger partial charge in [0, 0.05) is 18.5 Å². The van der Waals surface area contributed by atoms with Crippen molar-refractivity contribution in [2.75, 3.05) is 5.32 Å². The molecule has 31 heavy (non-hydrogen) atoms. The molecule has 4 aromatic rings. The van der Waals surface area contributed by atoms with E-state index in [0.717, 1.165) is 12.1 Å². The molecule has 0 aliphatic heterocycles. The number of nitrogens with zero attached hydrogens (tertiary/aromatic N) is 4. The van der Waals surface area contributed by atoms with Crippen molar-refractivity contribution in [3.8, 4) is 0 Å². The maximum Gasteiger partial charge on any atom is 0.280 e. The lowest BCUT2D eigenvalue weighted by atomic mass is 10.1. The van der Waals surface area contributed by atoms with Crippen LogP contribution in [0.1, 0.15) is 34.4 Å². The summed E-state index contributed by atoms with van der Waals surface area (Å²) >= 11 is 0. The molecule has 0 bridgehead atoms. The first-order chi connectivity index (χ1) is 15.0. The van der Waals surface area contributed by atoms with Crippen LogP contribution in [0.5, 0.6) is 0 Å². The van der Waals surface area contributed by atoms with Crippen LogP contribution in [-0.4, -0.2) is 25.5 Å². The van der Waals surface area contributed by atoms with E-state index in [1.165, 1.54) is 5.56 Å². The van der Waals surface area contributed by atoms with Crippen LogP contribution in [0.3, 0.4) is 0 Å². The van der Waals surface area contributed by atoms with Crippen molar-refractivity contribution in [2.45, 2.75) is 40.3 Å². The summed E-state index contributed by atoms with van der Waals surface area (Å²) in [6, 6.07) is 17.4. The van der Waals surface area contributed by atoms with Gasteiger partial charge in [-0.25, -0.2) is 0 Å². The van der Waals surface area contributed by atoms with Crippen LogP contribution in [0, 0.1) is 13.8 Å². The van der Waals surface area contributed by atoms with Crippen molar-refractivity contribution in [1.29, 1.82) is 0 Å². The molecule has 2 heterocycles. The zero-order chi connectivity index (χ0) is 22.0. The Labute approximate surface area is 180 Å². The monoisotopic (exact) mass is 415 g/mol. The van der Waals surface area contributed by atoms with Crippen LogP contribution in [0.4, 0.5) is 5.69 Å². The normalized spacial score (nSPS) is 11.1. The van der Waals surface area contributed by atoms with Crippen molar-refractivity contribution >= 4 is 22.5 Å². The Morgan fingerprint density at radius 2 is 1.68 bits per heavy atom. The van der Waals surface area contributed by atoms with Gasteiger partial charge >= 0.3 is 0 Å². The molecule has 4 rings (SSSR count). The highest BCUT2D eigenvalue weighted by Gasteiger charge is 2.20. The van der Waals surface area contributed by atoms with Crippen LogP contribution < -0.4 is 10.7 Å². The molecule has 1 amide bonds. The van der Waals surface area contributed by atoms with E-state index in [-0.39, 0.29) is 11.1 Å². The highest BCUT2D eigenvalue weighted by Crippen LogP contribution is 2.21. The van der Waals surface area contributed by atoms with Crippen molar-refractivity contribution in [3.05, 3.63) is 87.5 Å². The number of nitrogens with one attached hydrogen (secondary N) is 1. The van der Waals surface area contributed by atoms with Crippen molar-refractivity contribution in [2.24, 2.45) is 0 Å². The van der Waals surface area contributed by atoms with E-state index >= 15 is 0 Å². The summed E-state index contributed by atoms with van der Waals surface area (Å²) in [5, 5.41) is 12.3. The van der Waals surface area contributed by atoms with Gasteiger partial charge in [-0.1, -0.05) is 42.5 Å². The van der Waals surface area contributed by atoms with E-state index < -0.39 is 5.91 Å². The standard InChI is InChI=1S/C24H25N5O2/c1-4-28-20-13-9-8-12-19(20)23(30)22(27-28)24(31)25-21-16(2)26-29(17(21)3)15-14-18-10-6-5-7-11-18/h5-13H,4,14-15H2,1-3H3,(H,25,31). The molecular weight excluding hydrogens is 390 g/mol. The molecule has 2 aromatic carbocycles. The molecule has 0 spiro atoms. The summed E-state index contributed by atoms with van der Waals surface area (Å²) in [5.41, 5.74) is 3.62. The van der Waals surface area contributed by atoms with Crippen LogP contribution >= 0.6 is 0 Å². The lowest BCUT2D eigenvalue weighted by Crippen LogP contribution is -2.27. The molecule has 158 valence electrons. The number of anilines is 1. The smallest absolute Gasteiger partial charge is 0.280 e. The molecule has 0 saturated heterocycles. The number of hydrogen-bond acceptors (Lipinski definition) is 4. The summed E-state index contributed by atoms with van der Waals surface area (Å²) in [6.07, 6.45) is 0.837. The van der Waals surface area contributed by atoms with Gasteiger partial charge in [-0.2, -0.15) is 10.2 Å². The lowest BCUT2D eigenvalue weighted by molar-refractivity contribution is 0.101. The number of aryl methyl sites for hydroxylation is 4. The first-order valence-corrected chi connectivity index (χ1v) is 10.4. The number of carbonyl (C=O) groups is 1. The summed E-state index contributed by atoms with van der Waals surface area (Å²) in [6.45, 7) is 6.94. The largest absolute Gasteiger partial charge is 0.317 e. The Bertz CT molecular complexity index is 1310. The maximum absolute atomic E-state index is 13.0. The first kappa shape index (κ1) is 20.5. The Hall–Kier alpha value is -3.74. The molecule has 0 fully saturated rings. The predicted molar refractivity (Wildman–Crippen MR) is 121 cm³/mol. The average molecular weight is 415 g/mol. The lowest BCUT2D eigenvalue weighted by Gasteiger charge is -2.11. The number of rotatable bonds is 6. The second-order valence-electron chi connectivity index (χ2n) is 7.47. The van der Waals surface area contributed by atoms with Gasteiger partial charge in [0.1, 0.15) is 0 Å². The zero-order valence-corrected chi connectivity index (χ0v) is 17.9. The molecule has 7 nitrogen and oxygen atoms in total. The fraction of sp³-hybridized carbons (Fsp3) is 0.250. The third-order valence-corrected chi connectivity index (χ3v) is 5.45. The van der Waals surface area contributed by atoms with Gasteiger partial charge in [-0.05, 0) is 44.9 Å². The van der Waals surface area contributed by atoms with Gasteiger partial charge < -0.3 is 5.32 Å². The van der Waals surface area contributed by atoms with Gasteiger partial charge in [0.15, 0.2) is 5.69 Å². The number of benzene rings is 2. The molecule has 1 N–H and O–H groups in total. The van der Waals surface area contributed by atoms with Crippen LogP contribution in [0.2, 0.25) is 0 Å². The third-order valence-electron chi connectivity index (χ3n) is 5.45. The molecule has 0 unspecified atom stereocenters. The number of para-hydroxylation sites is 1. The minimum absolute atomic E-state index is 0.114. The molecule has 7 heteroatoms. The van der Waals surface area contributed by atoms with Crippen molar-refractivity contribution in [3.63, 3.8) is 0 Å². The second kappa shape index (κ2) is 8.55. The van der Waals surface area contributed by atoms with Crippen molar-refractivity contribution in [1.82, 2.24) is 19.6 Å². The Morgan fingerprint density at radius 3 is 2.42 bits per heavy atom. The van der Waals surface area contributed by atoms with Crippen LogP contribution in [-0.2, 0) is 19.5 Å². The number of fused-ring (bicyclic) bond motifs is 1. The Balaban J connectivity index is 1.61. The highest BCUT2D eigenvalue weighted by molar-refractivity contribution is 6.04. The Morgan fingerprint density at radius 1 is 0.968 bits per heavy atom. The summed E-state index contributed by atoms with van der Waals surface area (Å²) in [5.74, 6) is -0.522. The molecule has 0 aliphatic carbocycles. The van der Waals surface area contributed by atoms with Gasteiger partial charge in [0.05, 0.1) is 22.6 Å². The maximum atomic E-state index is 13.0. The quantitative estimate of drug-likeness (QED) is 0.520. The van der Waals surface area contributed by atoms with Gasteiger partial charge in [-0.15, -0.1) is 0 Å². The van der Waals surface area contributed by atoms with Gasteiger partial charge in [0.25, 0.3) is 5.91 Å². The van der Waals surface area contributed by atoms with Gasteiger partial charge in [-0.3, -0.25) is 19.0 Å². The molecular formula is C24H25N5O2. The van der Waals surface area contributed by atoms with Crippen LogP contribution in [0.15, 0.2) is 59.4 Å². The van der Waals surface area contributed by atoms with Gasteiger partial charge in [0.2, 0.25) is 5.43 Å². The van der Waals surface area contributed by atoms with Crippen molar-refractivity contribution < 1.29 is 4.79 Å². The fourth-order valence-corrected chi connectivity index (χ4v) is 3.78. The molecule has 0 atom stereocenters. The van der Waals surface area contributed by atoms with Crippen LogP contribution in [0.25, 0.3) is 10.9 Å². The number of carbonyl (C=O) groups excluding carboxylic acids is 1. The Kier molecular flexibility index (Phi) is 5.66. The zero-order valence-electron chi connectivity index (χ0n) is 17.9. The van der Waals surface area contributed by atoms with E-state index in [1.807, 2.05) is 55.8 Å². The average Bonchev–Trinajstić information content (AvgIpc) is 3.06. The first-order valence-electron chi connectivity index (χ1n) is 10.4. The third kappa shape index (κ3) is 3.99. The summed E-state index contributed by atoms with van der Waals surface area (Å²) in [4.78, 5) is 25.9. The van der Waals surface area contributed by atoms with E-state index in [2.05, 4.69) is 27.6 Å². The molecule has 0 radical (unpaired) electrons. The topological polar surface area (TPSA) is 81.8 Å². The number of aromatic nitrogens is 4. The minimum atomic E-state index is -0.522. The van der Waals surface area contributed by atoms with E-state index in [9.17, 15) is 9.59 Å². The second-order valence-corrected chi connectivity index (χ2v) is 7.47. The van der Waals surface area contributed by atoms with E-state index in [1.54, 1.807) is 16.8 Å². The number of amides is 1. The SMILES string of the molecule is CCn1nc(C(=O)Nc2c(C)nn(CCc3ccccc3)c2C)c(=O)c2ccccc21. The summed E-state index contributed by atoms with van der Waals surface area (Å²) in [7, 11) is 0. The minimum Gasteiger partial charge on any atom is -0.317 e. The molecule has 0 aliphatic rings. The fourth-order valence-electron chi connectivity index (χ4n) is 3.78. The highest BCUT2D eigenvalue weighted by atomic mass is 16.2. The molecule has 2 aromatic heterocycles. The van der Waals surface area contributed by atoms with E-state index in [4.69, 9.17) is 0 Å². The molecule has 0 saturated carbocycles. The summed E-state index contributed by atoms with van der Waals surface area (Å²) < 4.78 is 3.56. The number of hydrogen-bond donors (Lipinski definition) is 1. The van der Waals surface area contributed by atoms with E-state index in [0.29, 0.717) is 35.4 Å².